The number of benzene rings is 3. The molecule has 0 spiro atoms. The third-order valence-corrected chi connectivity index (χ3v) is 7.64. The van der Waals surface area contributed by atoms with E-state index in [0.717, 1.165) is 0 Å². The minimum absolute atomic E-state index is 0.0969. The van der Waals surface area contributed by atoms with Crippen LogP contribution in [0.3, 0.4) is 0 Å². The van der Waals surface area contributed by atoms with Crippen LogP contribution in [-0.4, -0.2) is 52.8 Å². The summed E-state index contributed by atoms with van der Waals surface area (Å²) >= 11 is 0. The van der Waals surface area contributed by atoms with Crippen molar-refractivity contribution in [1.82, 2.24) is 19.6 Å². The summed E-state index contributed by atoms with van der Waals surface area (Å²) < 4.78 is 30.3. The lowest BCUT2D eigenvalue weighted by molar-refractivity contribution is 0.0133. The van der Waals surface area contributed by atoms with Crippen LogP contribution in [0.15, 0.2) is 83.8 Å². The number of anilines is 1. The summed E-state index contributed by atoms with van der Waals surface area (Å²) in [5.41, 5.74) is 3.03. The summed E-state index contributed by atoms with van der Waals surface area (Å²) in [6.07, 6.45) is 0. The molecule has 1 amide bonds. The zero-order valence-corrected chi connectivity index (χ0v) is 23.7. The lowest BCUT2D eigenvalue weighted by Crippen LogP contribution is -2.40. The minimum Gasteiger partial charge on any atom is -0.321 e. The number of hydrogen-bond acceptors (Lipinski definition) is 6. The first-order valence-corrected chi connectivity index (χ1v) is 14.0. The van der Waals surface area contributed by atoms with Crippen LogP contribution < -0.4 is 10.0 Å². The van der Waals surface area contributed by atoms with Gasteiger partial charge in [0.1, 0.15) is 5.69 Å². The molecule has 11 heteroatoms. The van der Waals surface area contributed by atoms with Crippen LogP contribution in [0.1, 0.15) is 42.5 Å². The third kappa shape index (κ3) is 6.45. The van der Waals surface area contributed by atoms with Crippen molar-refractivity contribution in [2.75, 3.05) is 12.4 Å². The Balaban J connectivity index is 1.59. The Hall–Kier alpha value is -4.32. The highest BCUT2D eigenvalue weighted by atomic mass is 32.2. The van der Waals surface area contributed by atoms with Gasteiger partial charge in [0.25, 0.3) is 5.91 Å². The molecule has 40 heavy (non-hydrogen) atoms. The number of hydrogen-bond donors (Lipinski definition) is 4. The highest BCUT2D eigenvalue weighted by Crippen LogP contribution is 2.29. The summed E-state index contributed by atoms with van der Waals surface area (Å²) in [6, 6.07) is 22.2. The Bertz CT molecular complexity index is 1670. The van der Waals surface area contributed by atoms with Crippen molar-refractivity contribution in [3.8, 4) is 16.8 Å². The van der Waals surface area contributed by atoms with Crippen LogP contribution in [0.4, 0.5) is 5.69 Å². The molecule has 0 atom stereocenters. The second-order valence-electron chi connectivity index (χ2n) is 10.4. The van der Waals surface area contributed by atoms with E-state index in [1.807, 2.05) is 0 Å². The van der Waals surface area contributed by atoms with E-state index in [9.17, 15) is 18.4 Å². The number of rotatable bonds is 7. The van der Waals surface area contributed by atoms with E-state index in [4.69, 9.17) is 5.41 Å². The number of hydroxylamine groups is 2. The molecule has 0 radical (unpaired) electrons. The average Bonchev–Trinajstić information content (AvgIpc) is 3.29. The first kappa shape index (κ1) is 28.7. The molecule has 0 unspecified atom stereocenters. The van der Waals surface area contributed by atoms with Gasteiger partial charge in [-0.25, -0.2) is 22.9 Å². The molecule has 208 valence electrons. The number of sulfonamides is 1. The quantitative estimate of drug-likeness (QED) is 0.145. The molecular weight excluding hydrogens is 528 g/mol. The van der Waals surface area contributed by atoms with Crippen molar-refractivity contribution < 1.29 is 18.4 Å². The van der Waals surface area contributed by atoms with E-state index in [0.29, 0.717) is 38.8 Å². The number of amides is 1. The predicted molar refractivity (Wildman–Crippen MR) is 155 cm³/mol. The number of amidine groups is 1. The molecule has 0 aliphatic heterocycles. The van der Waals surface area contributed by atoms with Gasteiger partial charge in [0.05, 0.1) is 16.3 Å². The van der Waals surface area contributed by atoms with Gasteiger partial charge in [-0.3, -0.25) is 15.4 Å². The summed E-state index contributed by atoms with van der Waals surface area (Å²) in [7, 11) is -2.40. The molecule has 0 bridgehead atoms. The van der Waals surface area contributed by atoms with E-state index < -0.39 is 21.5 Å². The van der Waals surface area contributed by atoms with E-state index in [1.54, 1.807) is 107 Å². The van der Waals surface area contributed by atoms with Gasteiger partial charge in [-0.15, -0.1) is 0 Å². The lowest BCUT2D eigenvalue weighted by Gasteiger charge is -2.21. The van der Waals surface area contributed by atoms with Gasteiger partial charge in [0, 0.05) is 29.4 Å². The topological polar surface area (TPSA) is 140 Å². The monoisotopic (exact) mass is 560 g/mol. The molecule has 4 N–H and O–H groups in total. The number of nitrogens with one attached hydrogen (secondary N) is 3. The zero-order valence-electron chi connectivity index (χ0n) is 22.9. The fourth-order valence-electron chi connectivity index (χ4n) is 4.16. The number of aromatic nitrogens is 2. The molecular formula is C29H32N6O4S. The van der Waals surface area contributed by atoms with E-state index in [1.165, 1.54) is 11.7 Å². The maximum atomic E-state index is 13.3. The Morgan fingerprint density at radius 1 is 1.00 bits per heavy atom. The number of aryl methyl sites for hydroxylation is 1. The second kappa shape index (κ2) is 11.0. The zero-order chi connectivity index (χ0) is 29.2. The summed E-state index contributed by atoms with van der Waals surface area (Å²) in [4.78, 5) is 13.4. The van der Waals surface area contributed by atoms with Crippen molar-refractivity contribution in [3.63, 3.8) is 0 Å². The summed E-state index contributed by atoms with van der Waals surface area (Å²) in [5.74, 6) is -0.495. The third-order valence-electron chi connectivity index (χ3n) is 5.82. The van der Waals surface area contributed by atoms with Crippen LogP contribution >= 0.6 is 0 Å². The van der Waals surface area contributed by atoms with Gasteiger partial charge in [-0.1, -0.05) is 42.5 Å². The van der Waals surface area contributed by atoms with Crippen LogP contribution in [0.2, 0.25) is 0 Å². The highest BCUT2D eigenvalue weighted by molar-refractivity contribution is 7.89. The molecule has 0 aliphatic carbocycles. The Kier molecular flexibility index (Phi) is 7.92. The Labute approximate surface area is 233 Å². The molecule has 4 rings (SSSR count). The maximum absolute atomic E-state index is 13.3. The fraction of sp³-hybridized carbons (Fsp3) is 0.207. The number of nitrogens with zero attached hydrogens (tertiary/aromatic N) is 3. The lowest BCUT2D eigenvalue weighted by atomic mass is 10.1. The van der Waals surface area contributed by atoms with Gasteiger partial charge in [-0.05, 0) is 69.7 Å². The summed E-state index contributed by atoms with van der Waals surface area (Å²) in [5, 5.41) is 25.7. The van der Waals surface area contributed by atoms with Crippen molar-refractivity contribution in [3.05, 3.63) is 95.8 Å². The fourth-order valence-corrected chi connectivity index (χ4v) is 5.80. The predicted octanol–water partition coefficient (Wildman–Crippen LogP) is 4.82. The minimum atomic E-state index is -3.76. The standard InChI is InChI=1S/C29H32N6O4S/c1-19-17-25(35(32-19)23-10-8-9-21(18-23)27(30)34(5)37)28(36)31-22-15-13-20(14-16-22)24-11-6-7-12-26(24)40(38,39)33-29(2,3)4/h6-18,30,33,37H,1-5H3,(H,31,36). The molecule has 4 aromatic rings. The molecule has 10 nitrogen and oxygen atoms in total. The second-order valence-corrected chi connectivity index (χ2v) is 12.0. The SMILES string of the molecule is Cc1cc(C(=O)Nc2ccc(-c3ccccc3S(=O)(=O)NC(C)(C)C)cc2)n(-c2cccc(C(=N)N(C)O)c2)n1. The smallest absolute Gasteiger partial charge is 0.274 e. The first-order valence-electron chi connectivity index (χ1n) is 12.5. The van der Waals surface area contributed by atoms with E-state index in [-0.39, 0.29) is 16.4 Å². The number of carbonyl (C=O) groups excluding carboxylic acids is 1. The van der Waals surface area contributed by atoms with Gasteiger partial charge >= 0.3 is 0 Å². The molecule has 0 saturated carbocycles. The van der Waals surface area contributed by atoms with Gasteiger partial charge in [0.2, 0.25) is 10.0 Å². The van der Waals surface area contributed by atoms with Crippen molar-refractivity contribution in [2.24, 2.45) is 0 Å². The largest absolute Gasteiger partial charge is 0.321 e. The van der Waals surface area contributed by atoms with E-state index >= 15 is 0 Å². The van der Waals surface area contributed by atoms with Gasteiger partial charge < -0.3 is 5.32 Å². The molecule has 0 aliphatic rings. The van der Waals surface area contributed by atoms with Crippen LogP contribution in [0.25, 0.3) is 16.8 Å². The normalized spacial score (nSPS) is 11.8. The molecule has 0 fully saturated rings. The van der Waals surface area contributed by atoms with Crippen LogP contribution in [0.5, 0.6) is 0 Å². The van der Waals surface area contributed by atoms with E-state index in [2.05, 4.69) is 15.1 Å². The van der Waals surface area contributed by atoms with Crippen LogP contribution in [0, 0.1) is 12.3 Å². The highest BCUT2D eigenvalue weighted by Gasteiger charge is 2.25. The molecule has 1 aromatic heterocycles. The van der Waals surface area contributed by atoms with Crippen molar-refractivity contribution in [2.45, 2.75) is 38.1 Å². The molecule has 0 saturated heterocycles. The van der Waals surface area contributed by atoms with Gasteiger partial charge in [0.15, 0.2) is 5.84 Å². The maximum Gasteiger partial charge on any atom is 0.274 e. The first-order chi connectivity index (χ1) is 18.7. The van der Waals surface area contributed by atoms with Gasteiger partial charge in [-0.2, -0.15) is 5.10 Å². The Morgan fingerprint density at radius 3 is 2.33 bits per heavy atom. The molecule has 3 aromatic carbocycles. The number of carbonyl (C=O) groups is 1. The van der Waals surface area contributed by atoms with Crippen molar-refractivity contribution in [1.29, 1.82) is 5.41 Å². The van der Waals surface area contributed by atoms with Crippen LogP contribution in [-0.2, 0) is 10.0 Å². The molecule has 1 heterocycles. The average molecular weight is 561 g/mol. The van der Waals surface area contributed by atoms with Crippen molar-refractivity contribution >= 4 is 27.5 Å². The summed E-state index contributed by atoms with van der Waals surface area (Å²) in [6.45, 7) is 7.13. The Morgan fingerprint density at radius 2 is 1.68 bits per heavy atom.